The molecule has 1 aromatic carbocycles. The van der Waals surface area contributed by atoms with Crippen LogP contribution in [0.1, 0.15) is 30.9 Å². The average molecular weight is 259 g/mol. The Kier molecular flexibility index (Phi) is 3.35. The molecular formula is C15H17NOS. The number of fused-ring (bicyclic) bond motifs is 1. The Morgan fingerprint density at radius 1 is 1.44 bits per heavy atom. The average Bonchev–Trinajstić information content (AvgIpc) is 2.41. The maximum Gasteiger partial charge on any atom is 0.237 e. The van der Waals surface area contributed by atoms with E-state index in [-0.39, 0.29) is 5.91 Å². The van der Waals surface area contributed by atoms with Crippen molar-refractivity contribution in [3.8, 4) is 0 Å². The molecule has 0 saturated carbocycles. The molecule has 0 aliphatic carbocycles. The number of allylic oxidation sites excluding steroid dienone is 1. The van der Waals surface area contributed by atoms with Gasteiger partial charge in [0.15, 0.2) is 0 Å². The van der Waals surface area contributed by atoms with Crippen LogP contribution in [-0.4, -0.2) is 22.8 Å². The maximum absolute atomic E-state index is 12.5. The first-order chi connectivity index (χ1) is 8.52. The summed E-state index contributed by atoms with van der Waals surface area (Å²) in [5.41, 5.74) is 1.54. The molecule has 0 saturated heterocycles. The lowest BCUT2D eigenvalue weighted by molar-refractivity contribution is -0.132. The molecular weight excluding hydrogens is 242 g/mol. The van der Waals surface area contributed by atoms with E-state index >= 15 is 0 Å². The van der Waals surface area contributed by atoms with E-state index in [0.717, 1.165) is 24.0 Å². The van der Waals surface area contributed by atoms with E-state index in [0.29, 0.717) is 4.99 Å². The topological polar surface area (TPSA) is 20.3 Å². The lowest BCUT2D eigenvalue weighted by Gasteiger charge is -2.39. The number of thiocarbonyl (C=S) groups is 1. The number of hydrogen-bond donors (Lipinski definition) is 0. The molecule has 0 bridgehead atoms. The highest BCUT2D eigenvalue weighted by Gasteiger charge is 2.43. The third-order valence-electron chi connectivity index (χ3n) is 3.68. The summed E-state index contributed by atoms with van der Waals surface area (Å²) in [7, 11) is 1.76. The Bertz CT molecular complexity index is 523. The molecule has 2 nitrogen and oxygen atoms in total. The van der Waals surface area contributed by atoms with E-state index in [1.165, 1.54) is 0 Å². The fourth-order valence-corrected chi connectivity index (χ4v) is 2.80. The number of benzene rings is 1. The van der Waals surface area contributed by atoms with Crippen molar-refractivity contribution in [1.29, 1.82) is 0 Å². The molecule has 2 rings (SSSR count). The second-order valence-electron chi connectivity index (χ2n) is 4.87. The second-order valence-corrected chi connectivity index (χ2v) is 5.26. The fraction of sp³-hybridized carbons (Fsp3) is 0.333. The zero-order valence-corrected chi connectivity index (χ0v) is 11.6. The standard InChI is InChI=1S/C15H17NOS/c1-4-5-10-15(2)12-9-7-6-8-11(12)13(18)16(3)14(15)17/h4,6-9H,1,5,10H2,2-3H3. The quantitative estimate of drug-likeness (QED) is 0.614. The molecule has 1 unspecified atom stereocenters. The van der Waals surface area contributed by atoms with Gasteiger partial charge in [0.25, 0.3) is 0 Å². The van der Waals surface area contributed by atoms with Gasteiger partial charge in [-0.15, -0.1) is 6.58 Å². The summed E-state index contributed by atoms with van der Waals surface area (Å²) in [4.78, 5) is 14.7. The number of hydrogen-bond acceptors (Lipinski definition) is 2. The number of carbonyl (C=O) groups excluding carboxylic acids is 1. The molecule has 3 heteroatoms. The summed E-state index contributed by atoms with van der Waals surface area (Å²) in [6, 6.07) is 7.93. The van der Waals surface area contributed by atoms with Crippen molar-refractivity contribution in [3.05, 3.63) is 48.0 Å². The van der Waals surface area contributed by atoms with Crippen molar-refractivity contribution in [3.63, 3.8) is 0 Å². The highest BCUT2D eigenvalue weighted by Crippen LogP contribution is 2.38. The van der Waals surface area contributed by atoms with Gasteiger partial charge in [0.1, 0.15) is 4.99 Å². The number of nitrogens with zero attached hydrogens (tertiary/aromatic N) is 1. The van der Waals surface area contributed by atoms with Crippen LogP contribution in [0.5, 0.6) is 0 Å². The van der Waals surface area contributed by atoms with Crippen LogP contribution < -0.4 is 0 Å². The molecule has 0 fully saturated rings. The molecule has 18 heavy (non-hydrogen) atoms. The van der Waals surface area contributed by atoms with E-state index in [1.54, 1.807) is 11.9 Å². The monoisotopic (exact) mass is 259 g/mol. The molecule has 0 spiro atoms. The molecule has 0 aromatic heterocycles. The number of carbonyl (C=O) groups is 1. The molecule has 1 aliphatic rings. The first-order valence-electron chi connectivity index (χ1n) is 6.05. The predicted octanol–water partition coefficient (Wildman–Crippen LogP) is 3.06. The van der Waals surface area contributed by atoms with E-state index in [9.17, 15) is 4.79 Å². The van der Waals surface area contributed by atoms with Crippen molar-refractivity contribution in [2.45, 2.75) is 25.2 Å². The molecule has 0 N–H and O–H groups in total. The molecule has 1 aromatic rings. The van der Waals surface area contributed by atoms with E-state index in [4.69, 9.17) is 12.2 Å². The van der Waals surface area contributed by atoms with Crippen molar-refractivity contribution in [1.82, 2.24) is 4.90 Å². The highest BCUT2D eigenvalue weighted by atomic mass is 32.1. The van der Waals surface area contributed by atoms with Gasteiger partial charge < -0.3 is 4.90 Å². The van der Waals surface area contributed by atoms with Gasteiger partial charge in [0.2, 0.25) is 5.91 Å². The lowest BCUT2D eigenvalue weighted by atomic mass is 9.73. The van der Waals surface area contributed by atoms with Gasteiger partial charge in [-0.25, -0.2) is 0 Å². The number of amides is 1. The predicted molar refractivity (Wildman–Crippen MR) is 77.7 cm³/mol. The van der Waals surface area contributed by atoms with Crippen LogP contribution in [0.2, 0.25) is 0 Å². The molecule has 1 aliphatic heterocycles. The Balaban J connectivity index is 2.58. The summed E-state index contributed by atoms with van der Waals surface area (Å²) < 4.78 is 0. The summed E-state index contributed by atoms with van der Waals surface area (Å²) in [6.45, 7) is 5.74. The van der Waals surface area contributed by atoms with Crippen molar-refractivity contribution in [2.75, 3.05) is 7.05 Å². The smallest absolute Gasteiger partial charge is 0.237 e. The van der Waals surface area contributed by atoms with Crippen molar-refractivity contribution in [2.24, 2.45) is 0 Å². The summed E-state index contributed by atoms with van der Waals surface area (Å²) in [5, 5.41) is 0. The fourth-order valence-electron chi connectivity index (χ4n) is 2.54. The second kappa shape index (κ2) is 4.65. The number of rotatable bonds is 3. The zero-order valence-electron chi connectivity index (χ0n) is 10.8. The Morgan fingerprint density at radius 2 is 2.11 bits per heavy atom. The molecule has 1 atom stereocenters. The van der Waals surface area contributed by atoms with Gasteiger partial charge in [0.05, 0.1) is 5.41 Å². The van der Waals surface area contributed by atoms with Gasteiger partial charge in [0, 0.05) is 12.6 Å². The first-order valence-corrected chi connectivity index (χ1v) is 6.46. The van der Waals surface area contributed by atoms with Gasteiger partial charge in [-0.05, 0) is 25.3 Å². The molecule has 94 valence electrons. The largest absolute Gasteiger partial charge is 0.305 e. The van der Waals surface area contributed by atoms with Crippen molar-refractivity contribution >= 4 is 23.1 Å². The summed E-state index contributed by atoms with van der Waals surface area (Å²) >= 11 is 5.36. The minimum Gasteiger partial charge on any atom is -0.305 e. The van der Waals surface area contributed by atoms with Crippen LogP contribution in [-0.2, 0) is 10.2 Å². The van der Waals surface area contributed by atoms with Crippen LogP contribution in [0.4, 0.5) is 0 Å². The molecule has 1 heterocycles. The first kappa shape index (κ1) is 13.0. The van der Waals surface area contributed by atoms with E-state index < -0.39 is 5.41 Å². The Morgan fingerprint density at radius 3 is 2.78 bits per heavy atom. The summed E-state index contributed by atoms with van der Waals surface area (Å²) in [5.74, 6) is 0.0769. The van der Waals surface area contributed by atoms with Crippen LogP contribution >= 0.6 is 12.2 Å². The number of likely N-dealkylation sites (N-methyl/N-ethyl adjacent to an activating group) is 1. The minimum absolute atomic E-state index is 0.0769. The SMILES string of the molecule is C=CCCC1(C)C(=O)N(C)C(=S)c2ccccc21. The molecule has 1 amide bonds. The minimum atomic E-state index is -0.498. The van der Waals surface area contributed by atoms with Crippen LogP contribution in [0.25, 0.3) is 0 Å². The normalized spacial score (nSPS) is 22.9. The summed E-state index contributed by atoms with van der Waals surface area (Å²) in [6.07, 6.45) is 3.44. The third-order valence-corrected chi connectivity index (χ3v) is 4.18. The van der Waals surface area contributed by atoms with Gasteiger partial charge in [-0.2, -0.15) is 0 Å². The third kappa shape index (κ3) is 1.79. The van der Waals surface area contributed by atoms with Crippen LogP contribution in [0.3, 0.4) is 0 Å². The van der Waals surface area contributed by atoms with E-state index in [1.807, 2.05) is 37.3 Å². The lowest BCUT2D eigenvalue weighted by Crippen LogP contribution is -2.50. The zero-order chi connectivity index (χ0) is 13.3. The van der Waals surface area contributed by atoms with Gasteiger partial charge in [-0.3, -0.25) is 4.79 Å². The molecule has 0 radical (unpaired) electrons. The van der Waals surface area contributed by atoms with Gasteiger partial charge in [-0.1, -0.05) is 42.6 Å². The van der Waals surface area contributed by atoms with Crippen LogP contribution in [0.15, 0.2) is 36.9 Å². The van der Waals surface area contributed by atoms with Crippen LogP contribution in [0, 0.1) is 0 Å². The van der Waals surface area contributed by atoms with E-state index in [2.05, 4.69) is 6.58 Å². The van der Waals surface area contributed by atoms with Crippen molar-refractivity contribution < 1.29 is 4.79 Å². The Hall–Kier alpha value is -1.48. The van der Waals surface area contributed by atoms with Gasteiger partial charge >= 0.3 is 0 Å². The highest BCUT2D eigenvalue weighted by molar-refractivity contribution is 7.80. The Labute approximate surface area is 113 Å². The maximum atomic E-state index is 12.5.